The number of halogens is 1. The van der Waals surface area contributed by atoms with Crippen molar-refractivity contribution in [2.45, 2.75) is 6.04 Å². The maximum atomic E-state index is 11.3. The van der Waals surface area contributed by atoms with E-state index in [-0.39, 0.29) is 0 Å². The van der Waals surface area contributed by atoms with Gasteiger partial charge in [-0.3, -0.25) is 0 Å². The molecule has 0 bridgehead atoms. The monoisotopic (exact) mass is 258 g/mol. The second kappa shape index (κ2) is 6.07. The van der Waals surface area contributed by atoms with E-state index in [4.69, 9.17) is 21.8 Å². The summed E-state index contributed by atoms with van der Waals surface area (Å²) in [5.41, 5.74) is 0.467. The first-order valence-electron chi connectivity index (χ1n) is 4.69. The SMILES string of the molecule is O=C(Nc1ccc(Cl)cc1)N[C@@H](CO)C(=O)O. The van der Waals surface area contributed by atoms with E-state index in [0.717, 1.165) is 0 Å². The highest BCUT2D eigenvalue weighted by Crippen LogP contribution is 2.13. The number of anilines is 1. The second-order valence-corrected chi connectivity index (χ2v) is 3.62. The number of hydrogen-bond donors (Lipinski definition) is 4. The highest BCUT2D eigenvalue weighted by Gasteiger charge is 2.18. The van der Waals surface area contributed by atoms with Crippen LogP contribution in [0.2, 0.25) is 5.02 Å². The van der Waals surface area contributed by atoms with Gasteiger partial charge in [-0.25, -0.2) is 9.59 Å². The number of aliphatic hydroxyl groups is 1. The molecule has 1 aromatic carbocycles. The molecule has 4 N–H and O–H groups in total. The molecule has 1 aromatic rings. The Hall–Kier alpha value is -1.79. The van der Waals surface area contributed by atoms with Gasteiger partial charge in [0, 0.05) is 10.7 Å². The zero-order chi connectivity index (χ0) is 12.8. The fourth-order valence-electron chi connectivity index (χ4n) is 1.04. The average Bonchev–Trinajstić information content (AvgIpc) is 2.28. The van der Waals surface area contributed by atoms with Crippen molar-refractivity contribution >= 4 is 29.3 Å². The van der Waals surface area contributed by atoms with Gasteiger partial charge in [-0.1, -0.05) is 11.6 Å². The lowest BCUT2D eigenvalue weighted by molar-refractivity contribution is -0.140. The van der Waals surface area contributed by atoms with Crippen molar-refractivity contribution in [3.05, 3.63) is 29.3 Å². The van der Waals surface area contributed by atoms with E-state index < -0.39 is 24.6 Å². The molecule has 0 saturated heterocycles. The van der Waals surface area contributed by atoms with Crippen molar-refractivity contribution in [1.82, 2.24) is 5.32 Å². The minimum atomic E-state index is -1.33. The Morgan fingerprint density at radius 2 is 1.88 bits per heavy atom. The van der Waals surface area contributed by atoms with Gasteiger partial charge in [0.1, 0.15) is 0 Å². The van der Waals surface area contributed by atoms with Crippen molar-refractivity contribution in [3.63, 3.8) is 0 Å². The summed E-state index contributed by atoms with van der Waals surface area (Å²) in [6.45, 7) is -0.677. The van der Waals surface area contributed by atoms with Gasteiger partial charge in [0.15, 0.2) is 6.04 Å². The molecular formula is C10H11ClN2O4. The van der Waals surface area contributed by atoms with E-state index >= 15 is 0 Å². The van der Waals surface area contributed by atoms with Crippen LogP contribution in [0, 0.1) is 0 Å². The fourth-order valence-corrected chi connectivity index (χ4v) is 1.17. The van der Waals surface area contributed by atoms with Crippen molar-refractivity contribution in [2.75, 3.05) is 11.9 Å². The molecule has 0 aromatic heterocycles. The lowest BCUT2D eigenvalue weighted by atomic mass is 10.3. The molecule has 1 atom stereocenters. The maximum absolute atomic E-state index is 11.3. The van der Waals surface area contributed by atoms with Crippen LogP contribution in [0.3, 0.4) is 0 Å². The average molecular weight is 259 g/mol. The fraction of sp³-hybridized carbons (Fsp3) is 0.200. The molecule has 17 heavy (non-hydrogen) atoms. The summed E-state index contributed by atoms with van der Waals surface area (Å²) in [5, 5.41) is 22.3. The van der Waals surface area contributed by atoms with Crippen molar-refractivity contribution in [2.24, 2.45) is 0 Å². The number of amides is 2. The molecule has 0 saturated carbocycles. The second-order valence-electron chi connectivity index (χ2n) is 3.18. The Morgan fingerprint density at radius 3 is 2.35 bits per heavy atom. The van der Waals surface area contributed by atoms with Crippen LogP contribution in [0.15, 0.2) is 24.3 Å². The van der Waals surface area contributed by atoms with E-state index in [1.165, 1.54) is 0 Å². The molecule has 0 aliphatic carbocycles. The van der Waals surface area contributed by atoms with Crippen LogP contribution in [-0.4, -0.2) is 34.9 Å². The summed E-state index contributed by atoms with van der Waals surface area (Å²) in [6, 6.07) is 4.25. The van der Waals surface area contributed by atoms with Crippen LogP contribution in [0.5, 0.6) is 0 Å². The Balaban J connectivity index is 2.54. The maximum Gasteiger partial charge on any atom is 0.328 e. The predicted octanol–water partition coefficient (Wildman–Crippen LogP) is 0.907. The van der Waals surface area contributed by atoms with E-state index in [2.05, 4.69) is 10.6 Å². The summed E-state index contributed by atoms with van der Waals surface area (Å²) < 4.78 is 0. The van der Waals surface area contributed by atoms with Gasteiger partial charge in [-0.05, 0) is 24.3 Å². The number of aliphatic hydroxyl groups excluding tert-OH is 1. The van der Waals surface area contributed by atoms with Gasteiger partial charge >= 0.3 is 12.0 Å². The first-order chi connectivity index (χ1) is 8.02. The van der Waals surface area contributed by atoms with Gasteiger partial charge in [0.2, 0.25) is 0 Å². The topological polar surface area (TPSA) is 98.7 Å². The normalized spacial score (nSPS) is 11.6. The molecule has 0 aliphatic heterocycles. The Bertz CT molecular complexity index is 407. The van der Waals surface area contributed by atoms with Crippen LogP contribution < -0.4 is 10.6 Å². The first kappa shape index (κ1) is 13.3. The molecule has 7 heteroatoms. The standard InChI is InChI=1S/C10H11ClN2O4/c11-6-1-3-7(4-2-6)12-10(17)13-8(5-14)9(15)16/h1-4,8,14H,5H2,(H,15,16)(H2,12,13,17)/t8-/m0/s1. The summed E-state index contributed by atoms with van der Waals surface area (Å²) in [5.74, 6) is -1.31. The Morgan fingerprint density at radius 1 is 1.29 bits per heavy atom. The van der Waals surface area contributed by atoms with E-state index in [9.17, 15) is 9.59 Å². The molecule has 0 unspecified atom stereocenters. The van der Waals surface area contributed by atoms with Crippen LogP contribution in [0.1, 0.15) is 0 Å². The zero-order valence-electron chi connectivity index (χ0n) is 8.68. The molecule has 1 rings (SSSR count). The van der Waals surface area contributed by atoms with Crippen molar-refractivity contribution in [3.8, 4) is 0 Å². The molecule has 0 spiro atoms. The van der Waals surface area contributed by atoms with Crippen LogP contribution in [-0.2, 0) is 4.79 Å². The number of urea groups is 1. The van der Waals surface area contributed by atoms with Crippen LogP contribution in [0.25, 0.3) is 0 Å². The van der Waals surface area contributed by atoms with E-state index in [1.54, 1.807) is 24.3 Å². The highest BCUT2D eigenvalue weighted by atomic mass is 35.5. The lowest BCUT2D eigenvalue weighted by Crippen LogP contribution is -2.45. The first-order valence-corrected chi connectivity index (χ1v) is 5.07. The third-order valence-electron chi connectivity index (χ3n) is 1.89. The van der Waals surface area contributed by atoms with E-state index in [0.29, 0.717) is 10.7 Å². The number of carboxylic acid groups (broad SMARTS) is 1. The number of benzene rings is 1. The quantitative estimate of drug-likeness (QED) is 0.645. The summed E-state index contributed by atoms with van der Waals surface area (Å²) >= 11 is 5.66. The Labute approximate surface area is 102 Å². The molecule has 92 valence electrons. The third-order valence-corrected chi connectivity index (χ3v) is 2.14. The number of hydrogen-bond acceptors (Lipinski definition) is 3. The lowest BCUT2D eigenvalue weighted by Gasteiger charge is -2.12. The largest absolute Gasteiger partial charge is 0.480 e. The van der Waals surface area contributed by atoms with Gasteiger partial charge < -0.3 is 20.8 Å². The minimum Gasteiger partial charge on any atom is -0.480 e. The smallest absolute Gasteiger partial charge is 0.328 e. The molecular weight excluding hydrogens is 248 g/mol. The summed E-state index contributed by atoms with van der Waals surface area (Å²) in [6.07, 6.45) is 0. The highest BCUT2D eigenvalue weighted by molar-refractivity contribution is 6.30. The molecule has 0 heterocycles. The minimum absolute atomic E-state index is 0.467. The number of nitrogens with one attached hydrogen (secondary N) is 2. The summed E-state index contributed by atoms with van der Waals surface area (Å²) in [7, 11) is 0. The Kier molecular flexibility index (Phi) is 4.74. The third kappa shape index (κ3) is 4.29. The summed E-state index contributed by atoms with van der Waals surface area (Å²) in [4.78, 5) is 21.9. The number of carboxylic acids is 1. The van der Waals surface area contributed by atoms with Gasteiger partial charge in [0.25, 0.3) is 0 Å². The molecule has 0 aliphatic rings. The molecule has 6 nitrogen and oxygen atoms in total. The van der Waals surface area contributed by atoms with Gasteiger partial charge in [-0.2, -0.15) is 0 Å². The zero-order valence-corrected chi connectivity index (χ0v) is 9.44. The number of carbonyl (C=O) groups excluding carboxylic acids is 1. The van der Waals surface area contributed by atoms with E-state index in [1.807, 2.05) is 0 Å². The van der Waals surface area contributed by atoms with Gasteiger partial charge in [0.05, 0.1) is 6.61 Å². The molecule has 2 amide bonds. The molecule has 0 radical (unpaired) electrons. The van der Waals surface area contributed by atoms with Crippen molar-refractivity contribution < 1.29 is 19.8 Å². The van der Waals surface area contributed by atoms with Gasteiger partial charge in [-0.15, -0.1) is 0 Å². The molecule has 0 fully saturated rings. The number of carbonyl (C=O) groups is 2. The number of aliphatic carboxylic acids is 1. The number of rotatable bonds is 4. The van der Waals surface area contributed by atoms with Crippen LogP contribution >= 0.6 is 11.6 Å². The predicted molar refractivity (Wildman–Crippen MR) is 62.1 cm³/mol. The van der Waals surface area contributed by atoms with Crippen molar-refractivity contribution in [1.29, 1.82) is 0 Å². The van der Waals surface area contributed by atoms with Crippen LogP contribution in [0.4, 0.5) is 10.5 Å².